The van der Waals surface area contributed by atoms with E-state index in [1.54, 1.807) is 0 Å². The Bertz CT molecular complexity index is 482. The van der Waals surface area contributed by atoms with Crippen molar-refractivity contribution in [3.05, 3.63) is 29.3 Å². The van der Waals surface area contributed by atoms with Crippen molar-refractivity contribution in [2.45, 2.75) is 32.3 Å². The van der Waals surface area contributed by atoms with Crippen molar-refractivity contribution in [1.82, 2.24) is 0 Å². The summed E-state index contributed by atoms with van der Waals surface area (Å²) in [5.74, 6) is -0.591. The van der Waals surface area contributed by atoms with E-state index >= 15 is 0 Å². The van der Waals surface area contributed by atoms with Gasteiger partial charge in [-0.25, -0.2) is 4.79 Å². The van der Waals surface area contributed by atoms with Crippen LogP contribution in [0, 0.1) is 6.92 Å². The Morgan fingerprint density at radius 2 is 2.26 bits per heavy atom. The molecular weight excluding hydrogens is 242 g/mol. The van der Waals surface area contributed by atoms with Crippen LogP contribution in [0.25, 0.3) is 0 Å². The first-order valence-electron chi connectivity index (χ1n) is 6.59. The SMILES string of the molecule is COC(=O)C(C)(O)CN1CCCc2cc(C)ccc21. The zero-order chi connectivity index (χ0) is 14.0. The summed E-state index contributed by atoms with van der Waals surface area (Å²) in [5.41, 5.74) is 2.15. The second kappa shape index (κ2) is 5.21. The lowest BCUT2D eigenvalue weighted by Gasteiger charge is -2.35. The number of β-amino-alcohol motifs (C(OH)–C–C–N with tert-alkyl or cyclic N) is 1. The van der Waals surface area contributed by atoms with Crippen LogP contribution in [0.3, 0.4) is 0 Å². The van der Waals surface area contributed by atoms with E-state index in [1.165, 1.54) is 25.2 Å². The highest BCUT2D eigenvalue weighted by Crippen LogP contribution is 2.29. The van der Waals surface area contributed by atoms with Crippen LogP contribution in [0.15, 0.2) is 18.2 Å². The van der Waals surface area contributed by atoms with Crippen LogP contribution in [-0.4, -0.2) is 36.9 Å². The summed E-state index contributed by atoms with van der Waals surface area (Å²) in [6.45, 7) is 4.68. The van der Waals surface area contributed by atoms with E-state index in [2.05, 4.69) is 34.8 Å². The minimum absolute atomic E-state index is 0.260. The number of hydrogen-bond donors (Lipinski definition) is 1. The van der Waals surface area contributed by atoms with Crippen molar-refractivity contribution in [2.75, 3.05) is 25.1 Å². The molecule has 1 atom stereocenters. The van der Waals surface area contributed by atoms with Crippen molar-refractivity contribution in [3.8, 4) is 0 Å². The molecule has 0 fully saturated rings. The highest BCUT2D eigenvalue weighted by atomic mass is 16.5. The van der Waals surface area contributed by atoms with Crippen molar-refractivity contribution in [3.63, 3.8) is 0 Å². The van der Waals surface area contributed by atoms with Gasteiger partial charge in [0, 0.05) is 12.2 Å². The van der Waals surface area contributed by atoms with Gasteiger partial charge in [-0.1, -0.05) is 17.7 Å². The summed E-state index contributed by atoms with van der Waals surface area (Å²) in [5, 5.41) is 10.2. The molecule has 19 heavy (non-hydrogen) atoms. The highest BCUT2D eigenvalue weighted by Gasteiger charge is 2.35. The lowest BCUT2D eigenvalue weighted by molar-refractivity contribution is -0.159. The van der Waals surface area contributed by atoms with Crippen molar-refractivity contribution < 1.29 is 14.6 Å². The molecule has 1 N–H and O–H groups in total. The highest BCUT2D eigenvalue weighted by molar-refractivity contribution is 5.79. The first-order valence-corrected chi connectivity index (χ1v) is 6.59. The molecule has 2 rings (SSSR count). The minimum atomic E-state index is -1.48. The largest absolute Gasteiger partial charge is 0.467 e. The Morgan fingerprint density at radius 1 is 1.53 bits per heavy atom. The molecule has 1 unspecified atom stereocenters. The van der Waals surface area contributed by atoms with Crippen molar-refractivity contribution in [1.29, 1.82) is 0 Å². The third-order valence-corrected chi connectivity index (χ3v) is 3.57. The molecule has 4 nitrogen and oxygen atoms in total. The van der Waals surface area contributed by atoms with Crippen LogP contribution in [0.1, 0.15) is 24.5 Å². The molecule has 1 aliphatic rings. The van der Waals surface area contributed by atoms with E-state index in [0.29, 0.717) is 0 Å². The molecule has 0 saturated heterocycles. The van der Waals surface area contributed by atoms with Gasteiger partial charge in [-0.3, -0.25) is 0 Å². The molecule has 1 aliphatic heterocycles. The fourth-order valence-corrected chi connectivity index (χ4v) is 2.62. The zero-order valence-corrected chi connectivity index (χ0v) is 11.8. The summed E-state index contributed by atoms with van der Waals surface area (Å²) in [4.78, 5) is 13.6. The summed E-state index contributed by atoms with van der Waals surface area (Å²) >= 11 is 0. The number of carbonyl (C=O) groups is 1. The zero-order valence-electron chi connectivity index (χ0n) is 11.8. The van der Waals surface area contributed by atoms with Gasteiger partial charge in [-0.15, -0.1) is 0 Å². The first-order chi connectivity index (χ1) is 8.94. The van der Waals surface area contributed by atoms with Gasteiger partial charge >= 0.3 is 5.97 Å². The van der Waals surface area contributed by atoms with Crippen LogP contribution in [0.4, 0.5) is 5.69 Å². The predicted octanol–water partition coefficient (Wildman–Crippen LogP) is 1.67. The van der Waals surface area contributed by atoms with E-state index in [9.17, 15) is 9.90 Å². The molecule has 0 bridgehead atoms. The standard InChI is InChI=1S/C15H21NO3/c1-11-6-7-13-12(9-11)5-4-8-16(13)10-15(2,18)14(17)19-3/h6-7,9,18H,4-5,8,10H2,1-3H3. The van der Waals surface area contributed by atoms with E-state index in [4.69, 9.17) is 0 Å². The van der Waals surface area contributed by atoms with Gasteiger partial charge in [-0.05, 0) is 38.3 Å². The van der Waals surface area contributed by atoms with Crippen molar-refractivity contribution in [2.24, 2.45) is 0 Å². The van der Waals surface area contributed by atoms with E-state index in [0.717, 1.165) is 25.1 Å². The maximum absolute atomic E-state index is 11.6. The maximum atomic E-state index is 11.6. The molecule has 0 amide bonds. The maximum Gasteiger partial charge on any atom is 0.339 e. The average Bonchev–Trinajstić information content (AvgIpc) is 2.37. The molecule has 0 aliphatic carbocycles. The Labute approximate surface area is 114 Å². The fraction of sp³-hybridized carbons (Fsp3) is 0.533. The predicted molar refractivity (Wildman–Crippen MR) is 74.4 cm³/mol. The monoisotopic (exact) mass is 263 g/mol. The Morgan fingerprint density at radius 3 is 2.95 bits per heavy atom. The lowest BCUT2D eigenvalue weighted by atomic mass is 9.97. The normalized spacial score (nSPS) is 17.6. The van der Waals surface area contributed by atoms with Gasteiger partial charge in [-0.2, -0.15) is 0 Å². The number of rotatable bonds is 3. The number of esters is 1. The number of methoxy groups -OCH3 is 1. The van der Waals surface area contributed by atoms with Gasteiger partial charge in [0.05, 0.1) is 13.7 Å². The van der Waals surface area contributed by atoms with Crippen LogP contribution in [0.5, 0.6) is 0 Å². The van der Waals surface area contributed by atoms with Gasteiger partial charge in [0.2, 0.25) is 0 Å². The summed E-state index contributed by atoms with van der Waals surface area (Å²) < 4.78 is 4.65. The number of aryl methyl sites for hydroxylation is 2. The Balaban J connectivity index is 2.22. The molecule has 0 aromatic heterocycles. The number of aliphatic hydroxyl groups is 1. The van der Waals surface area contributed by atoms with Crippen LogP contribution < -0.4 is 4.90 Å². The number of carbonyl (C=O) groups excluding carboxylic acids is 1. The van der Waals surface area contributed by atoms with E-state index < -0.39 is 11.6 Å². The second-order valence-corrected chi connectivity index (χ2v) is 5.42. The van der Waals surface area contributed by atoms with Gasteiger partial charge in [0.15, 0.2) is 5.60 Å². The molecule has 0 radical (unpaired) electrons. The number of ether oxygens (including phenoxy) is 1. The molecular formula is C15H21NO3. The van der Waals surface area contributed by atoms with E-state index in [1.807, 2.05) is 0 Å². The number of benzene rings is 1. The molecule has 0 saturated carbocycles. The van der Waals surface area contributed by atoms with Gasteiger partial charge in [0.1, 0.15) is 0 Å². The first kappa shape index (κ1) is 13.9. The van der Waals surface area contributed by atoms with Crippen LogP contribution in [0.2, 0.25) is 0 Å². The van der Waals surface area contributed by atoms with Crippen molar-refractivity contribution >= 4 is 11.7 Å². The fourth-order valence-electron chi connectivity index (χ4n) is 2.62. The second-order valence-electron chi connectivity index (χ2n) is 5.42. The minimum Gasteiger partial charge on any atom is -0.467 e. The molecule has 0 spiro atoms. The quantitative estimate of drug-likeness (QED) is 0.843. The molecule has 1 aromatic carbocycles. The average molecular weight is 263 g/mol. The summed E-state index contributed by atoms with van der Waals surface area (Å²) in [6, 6.07) is 6.30. The molecule has 104 valence electrons. The van der Waals surface area contributed by atoms with Crippen LogP contribution >= 0.6 is 0 Å². The third-order valence-electron chi connectivity index (χ3n) is 3.57. The lowest BCUT2D eigenvalue weighted by Crippen LogP contribution is -2.48. The Hall–Kier alpha value is -1.55. The van der Waals surface area contributed by atoms with Gasteiger partial charge < -0.3 is 14.7 Å². The van der Waals surface area contributed by atoms with Crippen LogP contribution in [-0.2, 0) is 16.0 Å². The third kappa shape index (κ3) is 2.89. The summed E-state index contributed by atoms with van der Waals surface area (Å²) in [6.07, 6.45) is 2.08. The number of fused-ring (bicyclic) bond motifs is 1. The topological polar surface area (TPSA) is 49.8 Å². The Kier molecular flexibility index (Phi) is 3.80. The van der Waals surface area contributed by atoms with Gasteiger partial charge in [0.25, 0.3) is 0 Å². The summed E-state index contributed by atoms with van der Waals surface area (Å²) in [7, 11) is 1.30. The number of nitrogens with zero attached hydrogens (tertiary/aromatic N) is 1. The molecule has 4 heteroatoms. The number of hydrogen-bond acceptors (Lipinski definition) is 4. The van der Waals surface area contributed by atoms with E-state index in [-0.39, 0.29) is 6.54 Å². The smallest absolute Gasteiger partial charge is 0.339 e. The molecule has 1 heterocycles. The molecule has 1 aromatic rings. The number of anilines is 1.